The Hall–Kier alpha value is -2.06. The van der Waals surface area contributed by atoms with E-state index in [0.29, 0.717) is 19.3 Å². The summed E-state index contributed by atoms with van der Waals surface area (Å²) in [6, 6.07) is 12.0. The maximum atomic E-state index is 12.9. The van der Waals surface area contributed by atoms with Gasteiger partial charge in [-0.05, 0) is 53.0 Å². The van der Waals surface area contributed by atoms with Crippen LogP contribution >= 0.6 is 0 Å². The lowest BCUT2D eigenvalue weighted by Gasteiger charge is -2.35. The summed E-state index contributed by atoms with van der Waals surface area (Å²) >= 11 is 0. The summed E-state index contributed by atoms with van der Waals surface area (Å²) in [6.45, 7) is 9.32. The van der Waals surface area contributed by atoms with Crippen LogP contribution in [0.1, 0.15) is 53.0 Å². The van der Waals surface area contributed by atoms with E-state index in [1.807, 2.05) is 65.0 Å². The highest BCUT2D eigenvalue weighted by Gasteiger charge is 2.50. The number of nitrogens with zero attached hydrogens (tertiary/aromatic N) is 2. The molecule has 1 heterocycles. The van der Waals surface area contributed by atoms with E-state index < -0.39 is 11.3 Å². The third kappa shape index (κ3) is 4.96. The summed E-state index contributed by atoms with van der Waals surface area (Å²) in [5, 5.41) is 8.95. The van der Waals surface area contributed by atoms with Crippen molar-refractivity contribution in [2.75, 3.05) is 0 Å². The zero-order chi connectivity index (χ0) is 18.7. The number of carbonyl (C=O) groups excluding carboxylic acids is 1. The van der Waals surface area contributed by atoms with Crippen molar-refractivity contribution in [2.24, 2.45) is 0 Å². The van der Waals surface area contributed by atoms with Crippen LogP contribution in [0.4, 0.5) is 4.79 Å². The topological polar surface area (TPSA) is 62.6 Å². The Balaban J connectivity index is 2.30. The van der Waals surface area contributed by atoms with Crippen LogP contribution in [0.15, 0.2) is 30.3 Å². The monoisotopic (exact) mass is 344 g/mol. The SMILES string of the molecule is CC(C)(C)OC(=O)N1C(Cc2ccccc2)C(CCC#N)OC1(C)C. The van der Waals surface area contributed by atoms with Crippen molar-refractivity contribution in [3.63, 3.8) is 0 Å². The van der Waals surface area contributed by atoms with E-state index in [4.69, 9.17) is 14.7 Å². The van der Waals surface area contributed by atoms with Crippen molar-refractivity contribution in [1.29, 1.82) is 5.26 Å². The minimum atomic E-state index is -0.776. The molecule has 2 unspecified atom stereocenters. The molecule has 1 aliphatic rings. The molecule has 136 valence electrons. The standard InChI is InChI=1S/C20H28N2O3/c1-19(2,3)25-18(23)22-16(14-15-10-7-6-8-11-15)17(12-9-13-21)24-20(22,4)5/h6-8,10-11,16-17H,9,12,14H2,1-5H3. The maximum absolute atomic E-state index is 12.9. The molecular formula is C20H28N2O3. The van der Waals surface area contributed by atoms with Gasteiger partial charge in [0, 0.05) is 6.42 Å². The molecule has 0 N–H and O–H groups in total. The second-order valence-electron chi connectivity index (χ2n) is 7.91. The van der Waals surface area contributed by atoms with E-state index in [1.165, 1.54) is 0 Å². The molecule has 1 aromatic carbocycles. The van der Waals surface area contributed by atoms with Gasteiger partial charge in [0.1, 0.15) is 11.3 Å². The summed E-state index contributed by atoms with van der Waals surface area (Å²) in [4.78, 5) is 14.6. The van der Waals surface area contributed by atoms with Crippen LogP contribution in [0.25, 0.3) is 0 Å². The van der Waals surface area contributed by atoms with Gasteiger partial charge in [-0.25, -0.2) is 4.79 Å². The summed E-state index contributed by atoms with van der Waals surface area (Å²) in [6.07, 6.45) is 1.09. The average Bonchev–Trinajstić information content (AvgIpc) is 2.74. The fraction of sp³-hybridized carbons (Fsp3) is 0.600. The molecule has 0 aromatic heterocycles. The minimum Gasteiger partial charge on any atom is -0.444 e. The first kappa shape index (κ1) is 19.3. The number of benzene rings is 1. The maximum Gasteiger partial charge on any atom is 0.412 e. The van der Waals surface area contributed by atoms with Gasteiger partial charge in [0.15, 0.2) is 0 Å². The third-order valence-electron chi connectivity index (χ3n) is 4.20. The van der Waals surface area contributed by atoms with E-state index in [9.17, 15) is 4.79 Å². The highest BCUT2D eigenvalue weighted by Crippen LogP contribution is 2.37. The Morgan fingerprint density at radius 1 is 1.32 bits per heavy atom. The molecule has 2 atom stereocenters. The van der Waals surface area contributed by atoms with Gasteiger partial charge in [-0.2, -0.15) is 5.26 Å². The smallest absolute Gasteiger partial charge is 0.412 e. The number of hydrogen-bond acceptors (Lipinski definition) is 4. The van der Waals surface area contributed by atoms with Gasteiger partial charge < -0.3 is 9.47 Å². The van der Waals surface area contributed by atoms with Gasteiger partial charge in [0.2, 0.25) is 0 Å². The molecule has 0 radical (unpaired) electrons. The zero-order valence-electron chi connectivity index (χ0n) is 15.8. The summed E-state index contributed by atoms with van der Waals surface area (Å²) in [5.74, 6) is 0. The molecule has 25 heavy (non-hydrogen) atoms. The van der Waals surface area contributed by atoms with Crippen molar-refractivity contribution < 1.29 is 14.3 Å². The normalized spacial score (nSPS) is 22.5. The van der Waals surface area contributed by atoms with E-state index >= 15 is 0 Å². The Morgan fingerprint density at radius 2 is 1.96 bits per heavy atom. The molecule has 1 amide bonds. The second-order valence-corrected chi connectivity index (χ2v) is 7.91. The van der Waals surface area contributed by atoms with E-state index in [2.05, 4.69) is 6.07 Å². The van der Waals surface area contributed by atoms with Crippen LogP contribution in [0, 0.1) is 11.3 Å². The first-order valence-electron chi connectivity index (χ1n) is 8.75. The molecule has 0 spiro atoms. The van der Waals surface area contributed by atoms with Crippen molar-refractivity contribution >= 4 is 6.09 Å². The molecule has 2 rings (SSSR count). The number of amides is 1. The summed E-state index contributed by atoms with van der Waals surface area (Å²) in [7, 11) is 0. The zero-order valence-corrected chi connectivity index (χ0v) is 15.8. The predicted octanol–water partition coefficient (Wildman–Crippen LogP) is 4.27. The lowest BCUT2D eigenvalue weighted by Crippen LogP contribution is -2.51. The largest absolute Gasteiger partial charge is 0.444 e. The van der Waals surface area contributed by atoms with Gasteiger partial charge in [0.25, 0.3) is 0 Å². The highest BCUT2D eigenvalue weighted by atomic mass is 16.6. The molecule has 5 nitrogen and oxygen atoms in total. The van der Waals surface area contributed by atoms with Crippen LogP contribution in [-0.4, -0.2) is 34.5 Å². The molecule has 5 heteroatoms. The fourth-order valence-electron chi connectivity index (χ4n) is 3.27. The predicted molar refractivity (Wildman–Crippen MR) is 95.8 cm³/mol. The van der Waals surface area contributed by atoms with Crippen molar-refractivity contribution in [2.45, 2.75) is 77.4 Å². The van der Waals surface area contributed by atoms with Gasteiger partial charge in [-0.1, -0.05) is 30.3 Å². The number of nitriles is 1. The van der Waals surface area contributed by atoms with Crippen molar-refractivity contribution in [1.82, 2.24) is 4.90 Å². The lowest BCUT2D eigenvalue weighted by molar-refractivity contribution is -0.0795. The average molecular weight is 344 g/mol. The molecule has 1 fully saturated rings. The Bertz CT molecular complexity index is 629. The van der Waals surface area contributed by atoms with Gasteiger partial charge >= 0.3 is 6.09 Å². The van der Waals surface area contributed by atoms with Gasteiger partial charge in [0.05, 0.1) is 18.2 Å². The second kappa shape index (κ2) is 7.45. The molecular weight excluding hydrogens is 316 g/mol. The van der Waals surface area contributed by atoms with Crippen LogP contribution in [0.3, 0.4) is 0 Å². The molecule has 0 saturated carbocycles. The third-order valence-corrected chi connectivity index (χ3v) is 4.20. The van der Waals surface area contributed by atoms with E-state index in [1.54, 1.807) is 4.90 Å². The van der Waals surface area contributed by atoms with E-state index in [0.717, 1.165) is 5.56 Å². The Kier molecular flexibility index (Phi) is 5.74. The van der Waals surface area contributed by atoms with Gasteiger partial charge in [-0.15, -0.1) is 0 Å². The van der Waals surface area contributed by atoms with Crippen molar-refractivity contribution in [3.05, 3.63) is 35.9 Å². The quantitative estimate of drug-likeness (QED) is 0.818. The number of carbonyl (C=O) groups is 1. The van der Waals surface area contributed by atoms with Crippen molar-refractivity contribution in [3.8, 4) is 6.07 Å². The molecule has 1 aromatic rings. The van der Waals surface area contributed by atoms with E-state index in [-0.39, 0.29) is 18.2 Å². The fourth-order valence-corrected chi connectivity index (χ4v) is 3.27. The van der Waals surface area contributed by atoms with Crippen LogP contribution in [-0.2, 0) is 15.9 Å². The number of hydrogen-bond donors (Lipinski definition) is 0. The first-order valence-corrected chi connectivity index (χ1v) is 8.75. The lowest BCUT2D eigenvalue weighted by atomic mass is 9.97. The molecule has 1 saturated heterocycles. The molecule has 0 bridgehead atoms. The first-order chi connectivity index (χ1) is 11.6. The summed E-state index contributed by atoms with van der Waals surface area (Å²) in [5.41, 5.74) is -0.221. The van der Waals surface area contributed by atoms with Gasteiger partial charge in [-0.3, -0.25) is 4.90 Å². The molecule has 1 aliphatic heterocycles. The summed E-state index contributed by atoms with van der Waals surface area (Å²) < 4.78 is 11.8. The number of ether oxygens (including phenoxy) is 2. The minimum absolute atomic E-state index is 0.166. The van der Waals surface area contributed by atoms with Crippen LogP contribution in [0.5, 0.6) is 0 Å². The van der Waals surface area contributed by atoms with Crippen LogP contribution < -0.4 is 0 Å². The van der Waals surface area contributed by atoms with Crippen LogP contribution in [0.2, 0.25) is 0 Å². The Morgan fingerprint density at radius 3 is 2.52 bits per heavy atom. The molecule has 0 aliphatic carbocycles. The number of rotatable bonds is 4. The highest BCUT2D eigenvalue weighted by molar-refractivity contribution is 5.70. The Labute approximate surface area is 150 Å².